The summed E-state index contributed by atoms with van der Waals surface area (Å²) < 4.78 is 0. The molecule has 92 valence electrons. The topological polar surface area (TPSA) is 57.5 Å². The number of aliphatic hydroxyl groups excluding tert-OH is 1. The van der Waals surface area contributed by atoms with E-state index >= 15 is 0 Å². The van der Waals surface area contributed by atoms with Gasteiger partial charge in [-0.15, -0.1) is 0 Å². The van der Waals surface area contributed by atoms with Crippen LogP contribution < -0.4 is 0 Å². The maximum atomic E-state index is 10.1. The molecule has 0 aromatic carbocycles. The Morgan fingerprint density at radius 3 is 2.25 bits per heavy atom. The first-order chi connectivity index (χ1) is 7.66. The summed E-state index contributed by atoms with van der Waals surface area (Å²) >= 11 is 0. The summed E-state index contributed by atoms with van der Waals surface area (Å²) in [6.07, 6.45) is 8.09. The van der Waals surface area contributed by atoms with Gasteiger partial charge in [0.25, 0.3) is 0 Å². The first-order valence-corrected chi connectivity index (χ1v) is 6.09. The van der Waals surface area contributed by atoms with Crippen molar-refractivity contribution in [3.8, 4) is 11.8 Å². The third kappa shape index (κ3) is 11.1. The summed E-state index contributed by atoms with van der Waals surface area (Å²) in [5.41, 5.74) is 0. The lowest BCUT2D eigenvalue weighted by Gasteiger charge is -2.03. The minimum absolute atomic E-state index is 0.577. The van der Waals surface area contributed by atoms with Gasteiger partial charge in [-0.25, -0.2) is 4.79 Å². The van der Waals surface area contributed by atoms with Crippen molar-refractivity contribution >= 4 is 5.97 Å². The molecule has 1 atom stereocenters. The maximum absolute atomic E-state index is 10.1. The number of carboxylic acids is 1. The zero-order valence-electron chi connectivity index (χ0n) is 10.0. The fraction of sp³-hybridized carbons (Fsp3) is 0.769. The summed E-state index contributed by atoms with van der Waals surface area (Å²) in [7, 11) is 0. The van der Waals surface area contributed by atoms with Crippen molar-refractivity contribution in [1.29, 1.82) is 0 Å². The molecule has 0 amide bonds. The van der Waals surface area contributed by atoms with Crippen LogP contribution in [0.1, 0.15) is 58.3 Å². The van der Waals surface area contributed by atoms with Crippen molar-refractivity contribution < 1.29 is 15.0 Å². The first-order valence-electron chi connectivity index (χ1n) is 6.09. The molecule has 0 aliphatic heterocycles. The largest absolute Gasteiger partial charge is 0.472 e. The molecule has 0 aromatic rings. The van der Waals surface area contributed by atoms with Crippen LogP contribution in [-0.2, 0) is 4.79 Å². The quantitative estimate of drug-likeness (QED) is 0.494. The zero-order chi connectivity index (χ0) is 12.2. The van der Waals surface area contributed by atoms with E-state index in [-0.39, 0.29) is 0 Å². The Labute approximate surface area is 97.9 Å². The number of carboxylic acid groups (broad SMARTS) is 1. The Hall–Kier alpha value is -1.01. The Morgan fingerprint density at radius 1 is 1.12 bits per heavy atom. The van der Waals surface area contributed by atoms with Gasteiger partial charge in [0, 0.05) is 5.92 Å². The predicted molar refractivity (Wildman–Crippen MR) is 64.0 cm³/mol. The van der Waals surface area contributed by atoms with Crippen molar-refractivity contribution in [2.75, 3.05) is 0 Å². The summed E-state index contributed by atoms with van der Waals surface area (Å²) in [5.74, 6) is 3.05. The van der Waals surface area contributed by atoms with E-state index in [4.69, 9.17) is 5.11 Å². The van der Waals surface area contributed by atoms with Gasteiger partial charge >= 0.3 is 5.97 Å². The second kappa shape index (κ2) is 10.5. The zero-order valence-corrected chi connectivity index (χ0v) is 10.0. The summed E-state index contributed by atoms with van der Waals surface area (Å²) in [6, 6.07) is 0. The maximum Gasteiger partial charge on any atom is 0.381 e. The minimum Gasteiger partial charge on any atom is -0.472 e. The number of unbranched alkanes of at least 4 members (excludes halogenated alkanes) is 6. The molecule has 0 aromatic heterocycles. The van der Waals surface area contributed by atoms with Gasteiger partial charge in [-0.2, -0.15) is 0 Å². The van der Waals surface area contributed by atoms with E-state index in [2.05, 4.69) is 12.8 Å². The lowest BCUT2D eigenvalue weighted by molar-refractivity contribution is -0.130. The monoisotopic (exact) mass is 226 g/mol. The average Bonchev–Trinajstić information content (AvgIpc) is 2.25. The van der Waals surface area contributed by atoms with E-state index < -0.39 is 12.1 Å². The van der Waals surface area contributed by atoms with E-state index in [9.17, 15) is 9.90 Å². The molecular weight excluding hydrogens is 204 g/mol. The number of aliphatic carboxylic acids is 1. The van der Waals surface area contributed by atoms with Gasteiger partial charge in [0.05, 0.1) is 0 Å². The van der Waals surface area contributed by atoms with E-state index in [1.165, 1.54) is 32.1 Å². The molecule has 2 N–H and O–H groups in total. The van der Waals surface area contributed by atoms with Crippen LogP contribution in [0.2, 0.25) is 0 Å². The molecular formula is C13H22O3. The van der Waals surface area contributed by atoms with E-state index in [0.29, 0.717) is 6.42 Å². The second-order valence-electron chi connectivity index (χ2n) is 4.00. The average molecular weight is 226 g/mol. The third-order valence-electron chi connectivity index (χ3n) is 2.43. The normalized spacial score (nSPS) is 11.6. The molecule has 0 rings (SSSR count). The molecule has 0 fully saturated rings. The summed E-state index contributed by atoms with van der Waals surface area (Å²) in [5, 5.41) is 17.6. The predicted octanol–water partition coefficient (Wildman–Crippen LogP) is 2.58. The van der Waals surface area contributed by atoms with E-state index in [0.717, 1.165) is 12.8 Å². The fourth-order valence-corrected chi connectivity index (χ4v) is 1.51. The number of hydrogen-bond donors (Lipinski definition) is 2. The molecule has 0 bridgehead atoms. The van der Waals surface area contributed by atoms with Crippen molar-refractivity contribution in [3.05, 3.63) is 0 Å². The number of hydrogen-bond acceptors (Lipinski definition) is 2. The Balaban J connectivity index is 3.32. The standard InChI is InChI=1S/C13H22O3/c1-2-3-4-5-6-7-8-9-12(14)10-11-13(15)16/h12,14H,2-9H2,1H3,(H,15,16)/t12-/m0/s1. The van der Waals surface area contributed by atoms with Crippen LogP contribution in [0.4, 0.5) is 0 Å². The Morgan fingerprint density at radius 2 is 1.69 bits per heavy atom. The number of carbonyl (C=O) groups is 1. The molecule has 3 heteroatoms. The lowest BCUT2D eigenvalue weighted by Crippen LogP contribution is -2.03. The SMILES string of the molecule is CCCCCCCCC[C@H](O)C#CC(=O)O. The van der Waals surface area contributed by atoms with E-state index in [1.807, 2.05) is 5.92 Å². The van der Waals surface area contributed by atoms with Crippen molar-refractivity contribution in [3.63, 3.8) is 0 Å². The third-order valence-corrected chi connectivity index (χ3v) is 2.43. The van der Waals surface area contributed by atoms with E-state index in [1.54, 1.807) is 0 Å². The van der Waals surface area contributed by atoms with Gasteiger partial charge in [0.1, 0.15) is 6.10 Å². The highest BCUT2D eigenvalue weighted by Crippen LogP contribution is 2.09. The van der Waals surface area contributed by atoms with Gasteiger partial charge in [-0.05, 0) is 12.8 Å². The highest BCUT2D eigenvalue weighted by Gasteiger charge is 1.99. The molecule has 0 aliphatic carbocycles. The molecule has 0 saturated heterocycles. The Kier molecular flexibility index (Phi) is 9.84. The summed E-state index contributed by atoms with van der Waals surface area (Å²) in [4.78, 5) is 10.1. The van der Waals surface area contributed by atoms with Crippen molar-refractivity contribution in [1.82, 2.24) is 0 Å². The second-order valence-corrected chi connectivity index (χ2v) is 4.00. The summed E-state index contributed by atoms with van der Waals surface area (Å²) in [6.45, 7) is 2.19. The van der Waals surface area contributed by atoms with Gasteiger partial charge in [0.2, 0.25) is 0 Å². The molecule has 0 spiro atoms. The van der Waals surface area contributed by atoms with Crippen LogP contribution in [0.5, 0.6) is 0 Å². The van der Waals surface area contributed by atoms with Crippen molar-refractivity contribution in [2.45, 2.75) is 64.4 Å². The molecule has 0 heterocycles. The van der Waals surface area contributed by atoms with Crippen LogP contribution in [0.25, 0.3) is 0 Å². The molecule has 0 radical (unpaired) electrons. The first kappa shape index (κ1) is 15.0. The van der Waals surface area contributed by atoms with Crippen LogP contribution in [0, 0.1) is 11.8 Å². The van der Waals surface area contributed by atoms with Crippen LogP contribution >= 0.6 is 0 Å². The highest BCUT2D eigenvalue weighted by atomic mass is 16.4. The molecule has 0 aliphatic rings. The number of aliphatic hydroxyl groups is 1. The molecule has 0 saturated carbocycles. The lowest BCUT2D eigenvalue weighted by atomic mass is 10.1. The van der Waals surface area contributed by atoms with Gasteiger partial charge in [-0.1, -0.05) is 51.4 Å². The van der Waals surface area contributed by atoms with Gasteiger partial charge in [0.15, 0.2) is 0 Å². The fourth-order valence-electron chi connectivity index (χ4n) is 1.51. The van der Waals surface area contributed by atoms with Crippen LogP contribution in [-0.4, -0.2) is 22.3 Å². The number of rotatable bonds is 8. The van der Waals surface area contributed by atoms with Crippen LogP contribution in [0.15, 0.2) is 0 Å². The smallest absolute Gasteiger partial charge is 0.381 e. The highest BCUT2D eigenvalue weighted by molar-refractivity contribution is 5.86. The van der Waals surface area contributed by atoms with Gasteiger partial charge in [-0.3, -0.25) is 0 Å². The van der Waals surface area contributed by atoms with Gasteiger partial charge < -0.3 is 10.2 Å². The van der Waals surface area contributed by atoms with Crippen molar-refractivity contribution in [2.24, 2.45) is 0 Å². The van der Waals surface area contributed by atoms with Crippen LogP contribution in [0.3, 0.4) is 0 Å². The Bertz CT molecular complexity index is 237. The minimum atomic E-state index is -1.18. The molecule has 0 unspecified atom stereocenters. The molecule has 16 heavy (non-hydrogen) atoms. The molecule has 3 nitrogen and oxygen atoms in total.